The van der Waals surface area contributed by atoms with Crippen molar-refractivity contribution in [2.24, 2.45) is 0 Å². The third-order valence-electron chi connectivity index (χ3n) is 2.01. The molecule has 0 aromatic heterocycles. The lowest BCUT2D eigenvalue weighted by molar-refractivity contribution is 0.0956. The minimum absolute atomic E-state index is 0.0247. The first-order valence-electron chi connectivity index (χ1n) is 5.36. The third kappa shape index (κ3) is 5.19. The van der Waals surface area contributed by atoms with Gasteiger partial charge >= 0.3 is 0 Å². The van der Waals surface area contributed by atoms with Crippen molar-refractivity contribution in [2.45, 2.75) is 6.42 Å². The Kier molecular flexibility index (Phi) is 6.69. The van der Waals surface area contributed by atoms with Gasteiger partial charge in [-0.15, -0.1) is 0 Å². The second-order valence-electron chi connectivity index (χ2n) is 3.31. The van der Waals surface area contributed by atoms with Crippen LogP contribution in [-0.4, -0.2) is 35.7 Å². The molecule has 0 aliphatic carbocycles. The van der Waals surface area contributed by atoms with Gasteiger partial charge in [0.2, 0.25) is 0 Å². The Balaban J connectivity index is 2.12. The number of aliphatic hydroxyl groups is 1. The molecule has 0 fully saturated rings. The van der Waals surface area contributed by atoms with Crippen molar-refractivity contribution < 1.29 is 9.90 Å². The highest BCUT2D eigenvalue weighted by atomic mass is 32.2. The molecule has 3 nitrogen and oxygen atoms in total. The van der Waals surface area contributed by atoms with Crippen LogP contribution >= 0.6 is 11.8 Å². The first-order valence-corrected chi connectivity index (χ1v) is 6.52. The summed E-state index contributed by atoms with van der Waals surface area (Å²) in [6.45, 7) is 0.910. The van der Waals surface area contributed by atoms with Gasteiger partial charge in [0.1, 0.15) is 0 Å². The molecule has 0 atom stereocenters. The molecule has 0 spiro atoms. The van der Waals surface area contributed by atoms with Crippen LogP contribution in [0.2, 0.25) is 0 Å². The second kappa shape index (κ2) is 8.19. The third-order valence-corrected chi connectivity index (χ3v) is 3.08. The SMILES string of the molecule is O=C(NCCSCCCO)c1ccccc1. The summed E-state index contributed by atoms with van der Waals surface area (Å²) in [5, 5.41) is 11.4. The molecule has 1 aromatic rings. The number of rotatable bonds is 7. The van der Waals surface area contributed by atoms with Gasteiger partial charge in [-0.2, -0.15) is 11.8 Å². The van der Waals surface area contributed by atoms with E-state index in [0.29, 0.717) is 12.1 Å². The van der Waals surface area contributed by atoms with Crippen molar-refractivity contribution in [1.82, 2.24) is 5.32 Å². The van der Waals surface area contributed by atoms with Gasteiger partial charge in [0.05, 0.1) is 0 Å². The van der Waals surface area contributed by atoms with E-state index in [1.54, 1.807) is 23.9 Å². The molecule has 0 bridgehead atoms. The van der Waals surface area contributed by atoms with E-state index in [1.165, 1.54) is 0 Å². The van der Waals surface area contributed by atoms with Crippen molar-refractivity contribution in [3.8, 4) is 0 Å². The standard InChI is InChI=1S/C12H17NO2S/c14-8-4-9-16-10-7-13-12(15)11-5-2-1-3-6-11/h1-3,5-6,14H,4,7-10H2,(H,13,15). The van der Waals surface area contributed by atoms with Crippen LogP contribution in [0, 0.1) is 0 Å². The van der Waals surface area contributed by atoms with Gasteiger partial charge < -0.3 is 10.4 Å². The number of hydrogen-bond donors (Lipinski definition) is 2. The smallest absolute Gasteiger partial charge is 0.251 e. The highest BCUT2D eigenvalue weighted by molar-refractivity contribution is 7.99. The lowest BCUT2D eigenvalue weighted by atomic mass is 10.2. The summed E-state index contributed by atoms with van der Waals surface area (Å²) in [5.41, 5.74) is 0.697. The topological polar surface area (TPSA) is 49.3 Å². The predicted octanol–water partition coefficient (Wildman–Crippen LogP) is 1.53. The minimum Gasteiger partial charge on any atom is -0.396 e. The van der Waals surface area contributed by atoms with E-state index in [1.807, 2.05) is 18.2 Å². The zero-order chi connectivity index (χ0) is 11.6. The largest absolute Gasteiger partial charge is 0.396 e. The monoisotopic (exact) mass is 239 g/mol. The number of thioether (sulfide) groups is 1. The average Bonchev–Trinajstić information content (AvgIpc) is 2.34. The van der Waals surface area contributed by atoms with Crippen molar-refractivity contribution in [3.05, 3.63) is 35.9 Å². The molecule has 1 rings (SSSR count). The van der Waals surface area contributed by atoms with Crippen molar-refractivity contribution in [3.63, 3.8) is 0 Å². The predicted molar refractivity (Wildman–Crippen MR) is 67.8 cm³/mol. The lowest BCUT2D eigenvalue weighted by Gasteiger charge is -2.04. The van der Waals surface area contributed by atoms with Crippen LogP contribution in [0.25, 0.3) is 0 Å². The normalized spacial score (nSPS) is 10.1. The Labute approximate surface area is 100 Å². The summed E-state index contributed by atoms with van der Waals surface area (Å²) in [7, 11) is 0. The van der Waals surface area contributed by atoms with Crippen LogP contribution < -0.4 is 5.32 Å². The summed E-state index contributed by atoms with van der Waals surface area (Å²) in [6.07, 6.45) is 0.817. The van der Waals surface area contributed by atoms with Crippen LogP contribution in [0.5, 0.6) is 0 Å². The molecule has 0 aliphatic rings. The van der Waals surface area contributed by atoms with Crippen LogP contribution in [0.1, 0.15) is 16.8 Å². The summed E-state index contributed by atoms with van der Waals surface area (Å²) >= 11 is 1.74. The molecule has 0 heterocycles. The molecular weight excluding hydrogens is 222 g/mol. The molecule has 1 aromatic carbocycles. The molecule has 2 N–H and O–H groups in total. The molecule has 0 radical (unpaired) electrons. The van der Waals surface area contributed by atoms with Crippen LogP contribution in [0.3, 0.4) is 0 Å². The van der Waals surface area contributed by atoms with Crippen LogP contribution in [0.4, 0.5) is 0 Å². The highest BCUT2D eigenvalue weighted by Crippen LogP contribution is 2.01. The number of nitrogens with one attached hydrogen (secondary N) is 1. The molecule has 1 amide bonds. The van der Waals surface area contributed by atoms with Crippen molar-refractivity contribution in [2.75, 3.05) is 24.7 Å². The number of carbonyl (C=O) groups is 1. The van der Waals surface area contributed by atoms with Gasteiger partial charge in [0, 0.05) is 24.5 Å². The fourth-order valence-electron chi connectivity index (χ4n) is 1.20. The maximum atomic E-state index is 11.6. The minimum atomic E-state index is -0.0247. The first-order chi connectivity index (χ1) is 7.84. The van der Waals surface area contributed by atoms with Gasteiger partial charge in [-0.05, 0) is 24.3 Å². The van der Waals surface area contributed by atoms with E-state index in [4.69, 9.17) is 5.11 Å². The number of hydrogen-bond acceptors (Lipinski definition) is 3. The molecule has 0 unspecified atom stereocenters. The molecule has 16 heavy (non-hydrogen) atoms. The van der Waals surface area contributed by atoms with Crippen LogP contribution in [-0.2, 0) is 0 Å². The van der Waals surface area contributed by atoms with E-state index >= 15 is 0 Å². The Morgan fingerprint density at radius 1 is 1.25 bits per heavy atom. The number of benzene rings is 1. The average molecular weight is 239 g/mol. The van der Waals surface area contributed by atoms with Gasteiger partial charge in [-0.25, -0.2) is 0 Å². The molecule has 0 saturated carbocycles. The van der Waals surface area contributed by atoms with Gasteiger partial charge in [-0.3, -0.25) is 4.79 Å². The second-order valence-corrected chi connectivity index (χ2v) is 4.54. The molecular formula is C12H17NO2S. The van der Waals surface area contributed by atoms with E-state index < -0.39 is 0 Å². The fraction of sp³-hybridized carbons (Fsp3) is 0.417. The number of carbonyl (C=O) groups excluding carboxylic acids is 1. The maximum absolute atomic E-state index is 11.6. The summed E-state index contributed by atoms with van der Waals surface area (Å²) in [6, 6.07) is 9.19. The number of amides is 1. The Morgan fingerprint density at radius 3 is 2.69 bits per heavy atom. The van der Waals surface area contributed by atoms with E-state index in [-0.39, 0.29) is 12.5 Å². The highest BCUT2D eigenvalue weighted by Gasteiger charge is 2.02. The zero-order valence-corrected chi connectivity index (χ0v) is 10.0. The Bertz CT molecular complexity index is 303. The fourth-order valence-corrected chi connectivity index (χ4v) is 1.98. The molecule has 0 aliphatic heterocycles. The maximum Gasteiger partial charge on any atom is 0.251 e. The molecule has 0 saturated heterocycles. The summed E-state index contributed by atoms with van der Waals surface area (Å²) in [5.74, 6) is 1.80. The van der Waals surface area contributed by atoms with E-state index in [9.17, 15) is 4.79 Å². The molecule has 4 heteroatoms. The van der Waals surface area contributed by atoms with E-state index in [2.05, 4.69) is 5.32 Å². The Morgan fingerprint density at radius 2 is 2.00 bits per heavy atom. The van der Waals surface area contributed by atoms with Crippen molar-refractivity contribution in [1.29, 1.82) is 0 Å². The van der Waals surface area contributed by atoms with Gasteiger partial charge in [-0.1, -0.05) is 18.2 Å². The Hall–Kier alpha value is -1.00. The summed E-state index contributed by atoms with van der Waals surface area (Å²) in [4.78, 5) is 11.6. The van der Waals surface area contributed by atoms with E-state index in [0.717, 1.165) is 17.9 Å². The first kappa shape index (κ1) is 13.1. The number of aliphatic hydroxyl groups excluding tert-OH is 1. The zero-order valence-electron chi connectivity index (χ0n) is 9.19. The quantitative estimate of drug-likeness (QED) is 0.709. The van der Waals surface area contributed by atoms with Gasteiger partial charge in [0.25, 0.3) is 5.91 Å². The van der Waals surface area contributed by atoms with Crippen LogP contribution in [0.15, 0.2) is 30.3 Å². The summed E-state index contributed by atoms with van der Waals surface area (Å²) < 4.78 is 0. The van der Waals surface area contributed by atoms with Crippen molar-refractivity contribution >= 4 is 17.7 Å². The molecule has 88 valence electrons. The lowest BCUT2D eigenvalue weighted by Crippen LogP contribution is -2.25. The van der Waals surface area contributed by atoms with Gasteiger partial charge in [0.15, 0.2) is 0 Å².